The number of piperazine rings is 2. The fraction of sp³-hybridized carbons (Fsp3) is 0.453. The SMILES string of the molecule is C=C1CCC(N2C(=O)c3ccc(OCCN4C[C@@H]5C[C@H]4CN5CCOCCN4CCN(CCOc5ccc6cc5COC/C=C/COCc5cccc(c5)-c5ccnc(n5)N6)CC4)cc3C2=O)C(=O)N1. The summed E-state index contributed by atoms with van der Waals surface area (Å²) in [5.41, 5.74) is 5.93. The number of hydrogen-bond donors (Lipinski definition) is 2. The van der Waals surface area contributed by atoms with Crippen molar-refractivity contribution in [2.45, 2.75) is 50.6 Å². The number of nitrogens with zero attached hydrogens (tertiary/aromatic N) is 7. The number of aromatic nitrogens is 2. The Hall–Kier alpha value is -6.05. The predicted octanol–water partition coefficient (Wildman–Crippen LogP) is 4.73. The third-order valence-corrected chi connectivity index (χ3v) is 14.2. The van der Waals surface area contributed by atoms with Gasteiger partial charge in [0.2, 0.25) is 11.9 Å². The zero-order valence-corrected chi connectivity index (χ0v) is 39.8. The van der Waals surface area contributed by atoms with E-state index in [1.54, 1.807) is 24.4 Å². The van der Waals surface area contributed by atoms with Crippen LogP contribution in [0.2, 0.25) is 0 Å². The number of imide groups is 1. The van der Waals surface area contributed by atoms with Crippen molar-refractivity contribution in [2.24, 2.45) is 0 Å². The Kier molecular flexibility index (Phi) is 15.2. The van der Waals surface area contributed by atoms with Crippen molar-refractivity contribution in [1.29, 1.82) is 0 Å². The van der Waals surface area contributed by atoms with Gasteiger partial charge >= 0.3 is 0 Å². The molecule has 0 spiro atoms. The highest BCUT2D eigenvalue weighted by atomic mass is 16.5. The van der Waals surface area contributed by atoms with E-state index in [0.29, 0.717) is 87.5 Å². The maximum atomic E-state index is 13.3. The van der Waals surface area contributed by atoms with Crippen LogP contribution in [0.3, 0.4) is 0 Å². The number of hydrogen-bond acceptors (Lipinski definition) is 15. The van der Waals surface area contributed by atoms with Crippen molar-refractivity contribution in [2.75, 3.05) is 110 Å². The number of allylic oxidation sites excluding steroid dienone is 1. The highest BCUT2D eigenvalue weighted by Gasteiger charge is 2.45. The Labute approximate surface area is 409 Å². The topological polar surface area (TPSA) is 163 Å². The molecular formula is C53H63N9O8. The summed E-state index contributed by atoms with van der Waals surface area (Å²) in [6.07, 6.45) is 7.80. The van der Waals surface area contributed by atoms with Crippen molar-refractivity contribution in [3.8, 4) is 22.8 Å². The van der Waals surface area contributed by atoms with Crippen LogP contribution in [0.4, 0.5) is 11.6 Å². The lowest BCUT2D eigenvalue weighted by Gasteiger charge is -2.35. The van der Waals surface area contributed by atoms with E-state index in [0.717, 1.165) is 124 Å². The van der Waals surface area contributed by atoms with Gasteiger partial charge in [-0.1, -0.05) is 36.9 Å². The van der Waals surface area contributed by atoms with E-state index in [4.69, 9.17) is 28.7 Å². The van der Waals surface area contributed by atoms with E-state index >= 15 is 0 Å². The Bertz CT molecular complexity index is 2570. The number of fused-ring (bicyclic) bond motifs is 10. The molecule has 2 N–H and O–H groups in total. The summed E-state index contributed by atoms with van der Waals surface area (Å²) in [5, 5.41) is 6.05. The molecule has 10 rings (SSSR count). The van der Waals surface area contributed by atoms with E-state index in [2.05, 4.69) is 60.0 Å². The monoisotopic (exact) mass is 953 g/mol. The molecule has 8 bridgehead atoms. The van der Waals surface area contributed by atoms with Crippen LogP contribution in [-0.4, -0.2) is 175 Å². The molecule has 1 unspecified atom stereocenters. The number of carbonyl (C=O) groups excluding carboxylic acids is 3. The van der Waals surface area contributed by atoms with E-state index < -0.39 is 17.9 Å². The molecule has 3 aromatic carbocycles. The standard InChI is InChI=1S/C53H63N9O8/c1-37-7-11-48(50(63)55-37)62-51(64)45-10-9-44(32-46(45)52(62)65)69-28-22-61-34-42-31-43(61)33-60(42)21-26-66-25-19-58-15-17-59(18-16-58)20-27-70-49-12-8-41-30-40(49)36-68-24-3-2-23-67-35-38-5-4-6-39(29-38)47-13-14-54-53(56-41)57-47/h2-6,8-10,12-14,29-30,32,42-43,48H,1,7,11,15-28,31,33-36H2,(H,55,63)(H,54,56,57)/b3-2+/t42-,43-,48?/m0/s1. The summed E-state index contributed by atoms with van der Waals surface area (Å²) < 4.78 is 30.6. The van der Waals surface area contributed by atoms with Crippen molar-refractivity contribution in [3.63, 3.8) is 0 Å². The predicted molar refractivity (Wildman–Crippen MR) is 263 cm³/mol. The first-order chi connectivity index (χ1) is 34.3. The van der Waals surface area contributed by atoms with Gasteiger partial charge in [0.1, 0.15) is 30.8 Å². The molecule has 4 aromatic rings. The maximum absolute atomic E-state index is 13.3. The second kappa shape index (κ2) is 22.4. The van der Waals surface area contributed by atoms with Gasteiger partial charge in [-0.2, -0.15) is 0 Å². The fourth-order valence-corrected chi connectivity index (χ4v) is 10.3. The van der Waals surface area contributed by atoms with Gasteiger partial charge < -0.3 is 34.3 Å². The van der Waals surface area contributed by atoms with Gasteiger partial charge in [0.05, 0.1) is 56.5 Å². The minimum absolute atomic E-state index is 0.283. The summed E-state index contributed by atoms with van der Waals surface area (Å²) in [5.74, 6) is 0.601. The van der Waals surface area contributed by atoms with Crippen LogP contribution in [0.15, 0.2) is 97.4 Å². The fourth-order valence-electron chi connectivity index (χ4n) is 10.3. The third-order valence-electron chi connectivity index (χ3n) is 14.2. The lowest BCUT2D eigenvalue weighted by atomic mass is 10.0. The Balaban J connectivity index is 0.603. The summed E-state index contributed by atoms with van der Waals surface area (Å²) in [4.78, 5) is 59.3. The smallest absolute Gasteiger partial charge is 0.262 e. The van der Waals surface area contributed by atoms with E-state index in [9.17, 15) is 14.4 Å². The second-order valence-electron chi connectivity index (χ2n) is 18.8. The summed E-state index contributed by atoms with van der Waals surface area (Å²) >= 11 is 0. The molecule has 6 aliphatic heterocycles. The molecule has 0 aliphatic carbocycles. The molecule has 368 valence electrons. The van der Waals surface area contributed by atoms with Crippen LogP contribution in [0.5, 0.6) is 11.5 Å². The van der Waals surface area contributed by atoms with Crippen LogP contribution in [0, 0.1) is 0 Å². The van der Waals surface area contributed by atoms with E-state index in [1.807, 2.05) is 42.5 Å². The lowest BCUT2D eigenvalue weighted by Crippen LogP contribution is -2.51. The average Bonchev–Trinajstić information content (AvgIpc) is 4.03. The number of piperidine rings is 1. The number of nitrogens with one attached hydrogen (secondary N) is 2. The van der Waals surface area contributed by atoms with Gasteiger partial charge in [0.25, 0.3) is 11.8 Å². The van der Waals surface area contributed by atoms with Crippen LogP contribution in [-0.2, 0) is 32.2 Å². The maximum Gasteiger partial charge on any atom is 0.262 e. The van der Waals surface area contributed by atoms with Gasteiger partial charge in [-0.05, 0) is 73.4 Å². The molecule has 17 heteroatoms. The quantitative estimate of drug-likeness (QED) is 0.0955. The second-order valence-corrected chi connectivity index (χ2v) is 18.8. The largest absolute Gasteiger partial charge is 0.492 e. The first-order valence-corrected chi connectivity index (χ1v) is 24.7. The number of rotatable bonds is 15. The molecule has 70 heavy (non-hydrogen) atoms. The summed E-state index contributed by atoms with van der Waals surface area (Å²) in [6, 6.07) is 21.4. The molecular weight excluding hydrogens is 891 g/mol. The molecule has 0 radical (unpaired) electrons. The molecule has 17 nitrogen and oxygen atoms in total. The van der Waals surface area contributed by atoms with Crippen LogP contribution in [0.1, 0.15) is 51.1 Å². The molecule has 6 aliphatic rings. The first kappa shape index (κ1) is 47.6. The van der Waals surface area contributed by atoms with E-state index in [-0.39, 0.29) is 11.5 Å². The molecule has 0 saturated carbocycles. The van der Waals surface area contributed by atoms with Crippen molar-refractivity contribution < 1.29 is 38.1 Å². The van der Waals surface area contributed by atoms with Gasteiger partial charge in [-0.15, -0.1) is 0 Å². The molecule has 3 atom stereocenters. The summed E-state index contributed by atoms with van der Waals surface area (Å²) in [6.45, 7) is 17.7. The van der Waals surface area contributed by atoms with Crippen LogP contribution >= 0.6 is 0 Å². The van der Waals surface area contributed by atoms with Gasteiger partial charge in [-0.25, -0.2) is 9.97 Å². The van der Waals surface area contributed by atoms with Gasteiger partial charge in [-0.3, -0.25) is 38.9 Å². The zero-order valence-electron chi connectivity index (χ0n) is 39.8. The molecule has 3 amide bonds. The Morgan fingerprint density at radius 3 is 2.24 bits per heavy atom. The van der Waals surface area contributed by atoms with Crippen molar-refractivity contribution in [1.82, 2.24) is 39.8 Å². The van der Waals surface area contributed by atoms with Crippen molar-refractivity contribution in [3.05, 3.63) is 120 Å². The molecule has 4 saturated heterocycles. The van der Waals surface area contributed by atoms with Gasteiger partial charge in [0.15, 0.2) is 0 Å². The van der Waals surface area contributed by atoms with Crippen LogP contribution < -0.4 is 20.1 Å². The number of ether oxygens (including phenoxy) is 5. The number of benzene rings is 3. The van der Waals surface area contributed by atoms with Gasteiger partial charge in [0, 0.05) is 106 Å². The first-order valence-electron chi connectivity index (χ1n) is 24.7. The number of amides is 3. The highest BCUT2D eigenvalue weighted by Crippen LogP contribution is 2.33. The molecule has 7 heterocycles. The molecule has 1 aromatic heterocycles. The average molecular weight is 954 g/mol. The minimum Gasteiger partial charge on any atom is -0.492 e. The minimum atomic E-state index is -0.831. The normalized spacial score (nSPS) is 22.9. The highest BCUT2D eigenvalue weighted by molar-refractivity contribution is 6.23. The van der Waals surface area contributed by atoms with Crippen LogP contribution in [0.25, 0.3) is 11.3 Å². The number of anilines is 2. The Morgan fingerprint density at radius 2 is 1.46 bits per heavy atom. The lowest BCUT2D eigenvalue weighted by molar-refractivity contribution is -0.125. The Morgan fingerprint density at radius 1 is 0.729 bits per heavy atom. The van der Waals surface area contributed by atoms with E-state index in [1.165, 1.54) is 0 Å². The van der Waals surface area contributed by atoms with Crippen molar-refractivity contribution >= 4 is 29.4 Å². The number of carbonyl (C=O) groups is 3. The molecule has 4 fully saturated rings. The number of likely N-dealkylation sites (tertiary alicyclic amines) is 2. The summed E-state index contributed by atoms with van der Waals surface area (Å²) in [7, 11) is 0. The third kappa shape index (κ3) is 11.4. The zero-order chi connectivity index (χ0) is 47.8.